The van der Waals surface area contributed by atoms with Crippen LogP contribution < -0.4 is 10.6 Å². The summed E-state index contributed by atoms with van der Waals surface area (Å²) in [6.07, 6.45) is 1.32. The Bertz CT molecular complexity index is 634. The molecule has 1 saturated heterocycles. The maximum atomic E-state index is 11.4. The number of aryl methyl sites for hydroxylation is 1. The number of carbonyl (C=O) groups excluding carboxylic acids is 2. The molecule has 7 heteroatoms. The van der Waals surface area contributed by atoms with Crippen LogP contribution in [0.3, 0.4) is 0 Å². The van der Waals surface area contributed by atoms with Gasteiger partial charge in [0.2, 0.25) is 0 Å². The fraction of sp³-hybridized carbons (Fsp3) is 0.167. The fourth-order valence-electron chi connectivity index (χ4n) is 1.79. The summed E-state index contributed by atoms with van der Waals surface area (Å²) in [5.41, 5.74) is 1.77. The maximum Gasteiger partial charge on any atom is 0.326 e. The van der Waals surface area contributed by atoms with E-state index >= 15 is 0 Å². The summed E-state index contributed by atoms with van der Waals surface area (Å²) in [5.74, 6) is -0.597. The first-order valence-corrected chi connectivity index (χ1v) is 5.49. The number of nitrogens with zero attached hydrogens (tertiary/aromatic N) is 1. The van der Waals surface area contributed by atoms with Crippen LogP contribution in [-0.2, 0) is 4.79 Å². The number of imide groups is 1. The Hall–Kier alpha value is -2.70. The lowest BCUT2D eigenvalue weighted by Gasteiger charge is -2.06. The Labute approximate surface area is 108 Å². The Kier molecular flexibility index (Phi) is 3.04. The number of hydrogen-bond donors (Lipinski definition) is 2. The normalized spacial score (nSPS) is 16.4. The molecule has 0 unspecified atom stereocenters. The maximum absolute atomic E-state index is 11.4. The number of nitrogens with one attached hydrogen (secondary N) is 2. The van der Waals surface area contributed by atoms with Crippen molar-refractivity contribution in [3.8, 4) is 0 Å². The molecule has 0 spiro atoms. The SMILES string of the molecule is Cc1ccc([N+](=O)[O-])c(C=C2NC(=O)NC2=O)c1C. The van der Waals surface area contributed by atoms with E-state index in [0.29, 0.717) is 11.1 Å². The van der Waals surface area contributed by atoms with Crippen molar-refractivity contribution in [2.45, 2.75) is 13.8 Å². The summed E-state index contributed by atoms with van der Waals surface area (Å²) in [7, 11) is 0. The van der Waals surface area contributed by atoms with Crippen LogP contribution in [0.15, 0.2) is 17.8 Å². The second kappa shape index (κ2) is 4.52. The van der Waals surface area contributed by atoms with Gasteiger partial charge >= 0.3 is 6.03 Å². The number of nitro benzene ring substituents is 1. The lowest BCUT2D eigenvalue weighted by molar-refractivity contribution is -0.385. The quantitative estimate of drug-likeness (QED) is 0.363. The Balaban J connectivity index is 2.59. The molecule has 98 valence electrons. The lowest BCUT2D eigenvalue weighted by Crippen LogP contribution is -2.22. The van der Waals surface area contributed by atoms with E-state index in [1.807, 2.05) is 12.2 Å². The smallest absolute Gasteiger partial charge is 0.303 e. The van der Waals surface area contributed by atoms with Crippen LogP contribution in [0, 0.1) is 24.0 Å². The van der Waals surface area contributed by atoms with Crippen molar-refractivity contribution in [2.24, 2.45) is 0 Å². The van der Waals surface area contributed by atoms with E-state index in [1.54, 1.807) is 13.0 Å². The highest BCUT2D eigenvalue weighted by molar-refractivity contribution is 6.14. The molecule has 1 aliphatic heterocycles. The minimum Gasteiger partial charge on any atom is -0.303 e. The molecule has 0 bridgehead atoms. The summed E-state index contributed by atoms with van der Waals surface area (Å²) < 4.78 is 0. The second-order valence-electron chi connectivity index (χ2n) is 4.16. The number of nitro groups is 1. The van der Waals surface area contributed by atoms with Crippen molar-refractivity contribution in [2.75, 3.05) is 0 Å². The largest absolute Gasteiger partial charge is 0.326 e. The highest BCUT2D eigenvalue weighted by Crippen LogP contribution is 2.27. The van der Waals surface area contributed by atoms with Crippen molar-refractivity contribution in [1.29, 1.82) is 0 Å². The standard InChI is InChI=1S/C12H11N3O4/c1-6-3-4-10(15(18)19)8(7(6)2)5-9-11(16)14-12(17)13-9/h3-5H,1-2H3,(H2,13,14,16,17). The number of amides is 3. The monoisotopic (exact) mass is 261 g/mol. The minimum absolute atomic E-state index is 0.00167. The first kappa shape index (κ1) is 12.7. The van der Waals surface area contributed by atoms with Gasteiger partial charge in [-0.25, -0.2) is 4.79 Å². The van der Waals surface area contributed by atoms with Gasteiger partial charge in [-0.05, 0) is 31.1 Å². The molecule has 0 aromatic heterocycles. The highest BCUT2D eigenvalue weighted by atomic mass is 16.6. The van der Waals surface area contributed by atoms with E-state index in [-0.39, 0.29) is 11.4 Å². The van der Waals surface area contributed by atoms with E-state index in [0.717, 1.165) is 5.56 Å². The number of benzene rings is 1. The summed E-state index contributed by atoms with van der Waals surface area (Å²) in [6.45, 7) is 3.54. The van der Waals surface area contributed by atoms with Crippen molar-refractivity contribution in [3.63, 3.8) is 0 Å². The molecule has 1 aromatic rings. The van der Waals surface area contributed by atoms with Crippen LogP contribution in [0.2, 0.25) is 0 Å². The number of urea groups is 1. The molecule has 0 radical (unpaired) electrons. The molecule has 1 heterocycles. The van der Waals surface area contributed by atoms with Crippen LogP contribution >= 0.6 is 0 Å². The third-order valence-corrected chi connectivity index (χ3v) is 2.97. The lowest BCUT2D eigenvalue weighted by atomic mass is 10.0. The molecule has 0 atom stereocenters. The molecular weight excluding hydrogens is 250 g/mol. The van der Waals surface area contributed by atoms with Gasteiger partial charge in [0, 0.05) is 6.07 Å². The summed E-state index contributed by atoms with van der Waals surface area (Å²) in [5, 5.41) is 15.3. The molecule has 3 amide bonds. The Morgan fingerprint density at radius 2 is 1.89 bits per heavy atom. The van der Waals surface area contributed by atoms with Gasteiger partial charge in [-0.2, -0.15) is 0 Å². The summed E-state index contributed by atoms with van der Waals surface area (Å²) >= 11 is 0. The van der Waals surface area contributed by atoms with Gasteiger partial charge in [0.05, 0.1) is 10.5 Å². The van der Waals surface area contributed by atoms with Crippen molar-refractivity contribution < 1.29 is 14.5 Å². The molecule has 1 fully saturated rings. The number of hydrogen-bond acceptors (Lipinski definition) is 4. The number of rotatable bonds is 2. The Morgan fingerprint density at radius 3 is 2.42 bits per heavy atom. The first-order valence-electron chi connectivity index (χ1n) is 5.49. The average Bonchev–Trinajstić information content (AvgIpc) is 2.63. The van der Waals surface area contributed by atoms with Crippen molar-refractivity contribution in [1.82, 2.24) is 10.6 Å². The van der Waals surface area contributed by atoms with E-state index in [4.69, 9.17) is 0 Å². The summed E-state index contributed by atoms with van der Waals surface area (Å²) in [4.78, 5) is 32.9. The van der Waals surface area contributed by atoms with Gasteiger partial charge in [0.1, 0.15) is 5.70 Å². The van der Waals surface area contributed by atoms with Gasteiger partial charge < -0.3 is 5.32 Å². The predicted octanol–water partition coefficient (Wildman–Crippen LogP) is 1.39. The minimum atomic E-state index is -0.635. The second-order valence-corrected chi connectivity index (χ2v) is 4.16. The third-order valence-electron chi connectivity index (χ3n) is 2.97. The average molecular weight is 261 g/mol. The molecule has 7 nitrogen and oxygen atoms in total. The van der Waals surface area contributed by atoms with Gasteiger partial charge in [-0.1, -0.05) is 6.07 Å². The van der Waals surface area contributed by atoms with Crippen molar-refractivity contribution >= 4 is 23.7 Å². The van der Waals surface area contributed by atoms with Crippen LogP contribution in [0.5, 0.6) is 0 Å². The molecular formula is C12H11N3O4. The van der Waals surface area contributed by atoms with Gasteiger partial charge in [0.25, 0.3) is 11.6 Å². The van der Waals surface area contributed by atoms with E-state index < -0.39 is 16.9 Å². The number of carbonyl (C=O) groups is 2. The molecule has 0 saturated carbocycles. The zero-order valence-corrected chi connectivity index (χ0v) is 10.3. The fourth-order valence-corrected chi connectivity index (χ4v) is 1.79. The summed E-state index contributed by atoms with van der Waals surface area (Å²) in [6, 6.07) is 2.39. The zero-order chi connectivity index (χ0) is 14.2. The molecule has 2 N–H and O–H groups in total. The predicted molar refractivity (Wildman–Crippen MR) is 67.2 cm³/mol. The molecule has 0 aliphatic carbocycles. The third kappa shape index (κ3) is 2.30. The van der Waals surface area contributed by atoms with Crippen LogP contribution in [0.4, 0.5) is 10.5 Å². The molecule has 2 rings (SSSR count). The Morgan fingerprint density at radius 1 is 1.21 bits per heavy atom. The molecule has 1 aromatic carbocycles. The zero-order valence-electron chi connectivity index (χ0n) is 10.3. The van der Waals surface area contributed by atoms with E-state index in [9.17, 15) is 19.7 Å². The first-order chi connectivity index (χ1) is 8.90. The molecule has 1 aliphatic rings. The van der Waals surface area contributed by atoms with Crippen molar-refractivity contribution in [3.05, 3.63) is 44.6 Å². The topological polar surface area (TPSA) is 101 Å². The van der Waals surface area contributed by atoms with Gasteiger partial charge in [-0.3, -0.25) is 20.2 Å². The van der Waals surface area contributed by atoms with Crippen LogP contribution in [0.1, 0.15) is 16.7 Å². The highest BCUT2D eigenvalue weighted by Gasteiger charge is 2.25. The van der Waals surface area contributed by atoms with Gasteiger partial charge in [0.15, 0.2) is 0 Å². The molecule has 19 heavy (non-hydrogen) atoms. The van der Waals surface area contributed by atoms with Crippen LogP contribution in [0.25, 0.3) is 6.08 Å². The van der Waals surface area contributed by atoms with Crippen LogP contribution in [-0.4, -0.2) is 16.9 Å². The van der Waals surface area contributed by atoms with E-state index in [1.165, 1.54) is 12.1 Å². The van der Waals surface area contributed by atoms with Gasteiger partial charge in [-0.15, -0.1) is 0 Å². The van der Waals surface area contributed by atoms with E-state index in [2.05, 4.69) is 5.32 Å².